The van der Waals surface area contributed by atoms with Gasteiger partial charge in [0.25, 0.3) is 0 Å². The minimum absolute atomic E-state index is 0.108. The lowest BCUT2D eigenvalue weighted by Gasteiger charge is -2.10. The van der Waals surface area contributed by atoms with Gasteiger partial charge < -0.3 is 10.5 Å². The zero-order valence-corrected chi connectivity index (χ0v) is 12.4. The molecule has 2 nitrogen and oxygen atoms in total. The number of hydrogen-bond acceptors (Lipinski definition) is 2. The fraction of sp³-hybridized carbons (Fsp3) is 0.200. The van der Waals surface area contributed by atoms with E-state index in [2.05, 4.69) is 29.5 Å². The Morgan fingerprint density at radius 3 is 2.44 bits per heavy atom. The van der Waals surface area contributed by atoms with Gasteiger partial charge in [-0.25, -0.2) is 0 Å². The minimum Gasteiger partial charge on any atom is -0.457 e. The molecule has 0 heterocycles. The smallest absolute Gasteiger partial charge is 0.128 e. The molecular formula is C15H16INO. The largest absolute Gasteiger partial charge is 0.457 e. The number of benzene rings is 2. The summed E-state index contributed by atoms with van der Waals surface area (Å²) in [6, 6.07) is 16.1. The maximum absolute atomic E-state index is 5.97. The van der Waals surface area contributed by atoms with Gasteiger partial charge in [0.2, 0.25) is 0 Å². The summed E-state index contributed by atoms with van der Waals surface area (Å²) in [6.45, 7) is 2.08. The van der Waals surface area contributed by atoms with Gasteiger partial charge >= 0.3 is 0 Å². The Morgan fingerprint density at radius 1 is 1.11 bits per heavy atom. The van der Waals surface area contributed by atoms with Crippen molar-refractivity contribution >= 4 is 22.6 Å². The molecule has 0 saturated carbocycles. The van der Waals surface area contributed by atoms with Crippen molar-refractivity contribution in [2.45, 2.75) is 19.4 Å². The highest BCUT2D eigenvalue weighted by molar-refractivity contribution is 14.1. The first kappa shape index (κ1) is 13.4. The highest BCUT2D eigenvalue weighted by Gasteiger charge is 2.03. The van der Waals surface area contributed by atoms with Crippen molar-refractivity contribution in [2.24, 2.45) is 5.73 Å². The van der Waals surface area contributed by atoms with E-state index in [1.54, 1.807) is 0 Å². The topological polar surface area (TPSA) is 35.2 Å². The van der Waals surface area contributed by atoms with Crippen molar-refractivity contribution in [3.63, 3.8) is 0 Å². The van der Waals surface area contributed by atoms with Crippen LogP contribution < -0.4 is 10.5 Å². The van der Waals surface area contributed by atoms with E-state index in [9.17, 15) is 0 Å². The standard InChI is InChI=1S/C15H16INO/c1-2-15(17)11-6-8-13(9-7-11)18-14-5-3-4-12(16)10-14/h3-10,15H,2,17H2,1H3. The molecule has 3 heteroatoms. The molecule has 2 N–H and O–H groups in total. The monoisotopic (exact) mass is 353 g/mol. The number of ether oxygens (including phenoxy) is 1. The van der Waals surface area contributed by atoms with Gasteiger partial charge in [-0.2, -0.15) is 0 Å². The zero-order chi connectivity index (χ0) is 13.0. The molecular weight excluding hydrogens is 337 g/mol. The fourth-order valence-electron chi connectivity index (χ4n) is 1.69. The van der Waals surface area contributed by atoms with Crippen molar-refractivity contribution in [3.05, 3.63) is 57.7 Å². The first-order valence-corrected chi connectivity index (χ1v) is 7.06. The zero-order valence-electron chi connectivity index (χ0n) is 10.3. The van der Waals surface area contributed by atoms with Crippen LogP contribution in [-0.4, -0.2) is 0 Å². The van der Waals surface area contributed by atoms with Crippen LogP contribution in [0.25, 0.3) is 0 Å². The molecule has 1 atom stereocenters. The predicted molar refractivity (Wildman–Crippen MR) is 82.9 cm³/mol. The van der Waals surface area contributed by atoms with Crippen LogP contribution >= 0.6 is 22.6 Å². The second kappa shape index (κ2) is 6.20. The summed E-state index contributed by atoms with van der Waals surface area (Å²) < 4.78 is 6.94. The highest BCUT2D eigenvalue weighted by atomic mass is 127. The van der Waals surface area contributed by atoms with E-state index in [0.29, 0.717) is 0 Å². The maximum atomic E-state index is 5.97. The molecule has 0 fully saturated rings. The van der Waals surface area contributed by atoms with Gasteiger partial charge in [-0.15, -0.1) is 0 Å². The van der Waals surface area contributed by atoms with E-state index in [1.807, 2.05) is 48.5 Å². The van der Waals surface area contributed by atoms with Gasteiger partial charge in [-0.05, 0) is 64.9 Å². The molecule has 2 rings (SSSR count). The van der Waals surface area contributed by atoms with Gasteiger partial charge in [0.15, 0.2) is 0 Å². The molecule has 0 saturated heterocycles. The number of hydrogen-bond donors (Lipinski definition) is 1. The molecule has 1 unspecified atom stereocenters. The fourth-order valence-corrected chi connectivity index (χ4v) is 2.20. The summed E-state index contributed by atoms with van der Waals surface area (Å²) in [5.41, 5.74) is 7.12. The van der Waals surface area contributed by atoms with Crippen molar-refractivity contribution in [1.82, 2.24) is 0 Å². The van der Waals surface area contributed by atoms with Crippen LogP contribution in [0.3, 0.4) is 0 Å². The lowest BCUT2D eigenvalue weighted by molar-refractivity contribution is 0.482. The van der Waals surface area contributed by atoms with Gasteiger partial charge in [0, 0.05) is 9.61 Å². The van der Waals surface area contributed by atoms with E-state index in [1.165, 1.54) is 0 Å². The van der Waals surface area contributed by atoms with E-state index in [-0.39, 0.29) is 6.04 Å². The van der Waals surface area contributed by atoms with E-state index >= 15 is 0 Å². The van der Waals surface area contributed by atoms with Crippen LogP contribution in [0, 0.1) is 3.57 Å². The van der Waals surface area contributed by atoms with E-state index in [4.69, 9.17) is 10.5 Å². The lowest BCUT2D eigenvalue weighted by atomic mass is 10.1. The molecule has 18 heavy (non-hydrogen) atoms. The minimum atomic E-state index is 0.108. The Morgan fingerprint density at radius 2 is 1.83 bits per heavy atom. The van der Waals surface area contributed by atoms with Crippen LogP contribution in [0.15, 0.2) is 48.5 Å². The van der Waals surface area contributed by atoms with Crippen LogP contribution in [0.2, 0.25) is 0 Å². The third-order valence-electron chi connectivity index (χ3n) is 2.78. The number of nitrogens with two attached hydrogens (primary N) is 1. The SMILES string of the molecule is CCC(N)c1ccc(Oc2cccc(I)c2)cc1. The Labute approximate surface area is 121 Å². The Kier molecular flexibility index (Phi) is 4.60. The molecule has 0 radical (unpaired) electrons. The average molecular weight is 353 g/mol. The molecule has 0 aliphatic carbocycles. The Bertz CT molecular complexity index is 510. The molecule has 0 aromatic heterocycles. The third-order valence-corrected chi connectivity index (χ3v) is 3.45. The predicted octanol–water partition coefficient (Wildman–Crippen LogP) is 4.49. The van der Waals surface area contributed by atoms with Crippen LogP contribution in [0.4, 0.5) is 0 Å². The average Bonchev–Trinajstić information content (AvgIpc) is 2.39. The van der Waals surface area contributed by atoms with Gasteiger partial charge in [0.1, 0.15) is 11.5 Å². The lowest BCUT2D eigenvalue weighted by Crippen LogP contribution is -2.07. The molecule has 0 aliphatic heterocycles. The Balaban J connectivity index is 2.11. The molecule has 2 aromatic carbocycles. The van der Waals surface area contributed by atoms with Gasteiger partial charge in [0.05, 0.1) is 0 Å². The summed E-state index contributed by atoms with van der Waals surface area (Å²) >= 11 is 2.27. The summed E-state index contributed by atoms with van der Waals surface area (Å²) in [4.78, 5) is 0. The van der Waals surface area contributed by atoms with E-state index in [0.717, 1.165) is 27.1 Å². The van der Waals surface area contributed by atoms with Crippen molar-refractivity contribution < 1.29 is 4.74 Å². The summed E-state index contributed by atoms with van der Waals surface area (Å²) in [5.74, 6) is 1.69. The van der Waals surface area contributed by atoms with Crippen LogP contribution in [-0.2, 0) is 0 Å². The first-order chi connectivity index (χ1) is 8.69. The normalized spacial score (nSPS) is 12.2. The van der Waals surface area contributed by atoms with Crippen LogP contribution in [0.5, 0.6) is 11.5 Å². The van der Waals surface area contributed by atoms with Crippen molar-refractivity contribution in [1.29, 1.82) is 0 Å². The first-order valence-electron chi connectivity index (χ1n) is 5.98. The second-order valence-corrected chi connectivity index (χ2v) is 5.39. The van der Waals surface area contributed by atoms with Gasteiger partial charge in [-0.1, -0.05) is 25.1 Å². The quantitative estimate of drug-likeness (QED) is 0.822. The Hall–Kier alpha value is -1.07. The summed E-state index contributed by atoms with van der Waals surface area (Å²) in [7, 11) is 0. The highest BCUT2D eigenvalue weighted by Crippen LogP contribution is 2.24. The van der Waals surface area contributed by atoms with Crippen molar-refractivity contribution in [2.75, 3.05) is 0 Å². The van der Waals surface area contributed by atoms with Crippen molar-refractivity contribution in [3.8, 4) is 11.5 Å². The molecule has 2 aromatic rings. The second-order valence-electron chi connectivity index (χ2n) is 4.14. The molecule has 94 valence electrons. The van der Waals surface area contributed by atoms with E-state index < -0.39 is 0 Å². The molecule has 0 amide bonds. The van der Waals surface area contributed by atoms with Crippen LogP contribution in [0.1, 0.15) is 24.9 Å². The summed E-state index contributed by atoms with van der Waals surface area (Å²) in [5, 5.41) is 0. The van der Waals surface area contributed by atoms with Gasteiger partial charge in [-0.3, -0.25) is 0 Å². The third kappa shape index (κ3) is 3.46. The molecule has 0 spiro atoms. The summed E-state index contributed by atoms with van der Waals surface area (Å²) in [6.07, 6.45) is 0.942. The number of halogens is 1. The molecule has 0 bridgehead atoms. The maximum Gasteiger partial charge on any atom is 0.128 e. The molecule has 0 aliphatic rings. The number of rotatable bonds is 4.